The third-order valence-corrected chi connectivity index (χ3v) is 4.01. The normalized spacial score (nSPS) is 12.2. The molecule has 0 fully saturated rings. The number of benzene rings is 1. The lowest BCUT2D eigenvalue weighted by molar-refractivity contribution is -0.118. The van der Waals surface area contributed by atoms with Crippen molar-refractivity contribution in [2.75, 3.05) is 5.32 Å². The number of hydrogen-bond acceptors (Lipinski definition) is 4. The maximum Gasteiger partial charge on any atom is 0.408 e. The Labute approximate surface area is 171 Å². The number of nitrogens with one attached hydrogen (secondary N) is 2. The zero-order valence-corrected chi connectivity index (χ0v) is 17.4. The number of ether oxygens (including phenoxy) is 1. The number of alkyl carbamates (subject to hydrolysis) is 1. The second kappa shape index (κ2) is 9.12. The monoisotopic (exact) mass is 485 g/mol. The number of rotatable bonds is 5. The van der Waals surface area contributed by atoms with Crippen LogP contribution in [-0.4, -0.2) is 28.6 Å². The second-order valence-electron chi connectivity index (χ2n) is 6.84. The summed E-state index contributed by atoms with van der Waals surface area (Å²) in [5.41, 5.74) is -0.0626. The van der Waals surface area contributed by atoms with Crippen LogP contribution >= 0.6 is 22.6 Å². The van der Waals surface area contributed by atoms with Gasteiger partial charge in [-0.1, -0.05) is 6.07 Å². The van der Waals surface area contributed by atoms with Crippen LogP contribution in [0.3, 0.4) is 0 Å². The summed E-state index contributed by atoms with van der Waals surface area (Å²) in [6, 6.07) is 8.75. The summed E-state index contributed by atoms with van der Waals surface area (Å²) in [6.07, 6.45) is 0.996. The van der Waals surface area contributed by atoms with Gasteiger partial charge in [0.05, 0.1) is 5.69 Å². The highest BCUT2D eigenvalue weighted by atomic mass is 127. The molecule has 0 saturated carbocycles. The summed E-state index contributed by atoms with van der Waals surface area (Å²) in [4.78, 5) is 29.0. The molecule has 0 saturated heterocycles. The van der Waals surface area contributed by atoms with E-state index in [9.17, 15) is 14.0 Å². The van der Waals surface area contributed by atoms with E-state index in [1.807, 2.05) is 22.6 Å². The maximum absolute atomic E-state index is 14.0. The molecule has 1 aromatic heterocycles. The highest BCUT2D eigenvalue weighted by Gasteiger charge is 2.25. The van der Waals surface area contributed by atoms with Crippen LogP contribution in [0.25, 0.3) is 0 Å². The molecule has 144 valence electrons. The lowest BCUT2D eigenvalue weighted by Gasteiger charge is -2.23. The van der Waals surface area contributed by atoms with Gasteiger partial charge in [-0.3, -0.25) is 9.78 Å². The lowest BCUT2D eigenvalue weighted by Crippen LogP contribution is -2.47. The topological polar surface area (TPSA) is 80.3 Å². The molecule has 0 unspecified atom stereocenters. The number of nitrogens with zero attached hydrogens (tertiary/aromatic N) is 1. The third kappa shape index (κ3) is 7.12. The lowest BCUT2D eigenvalue weighted by atomic mass is 10.1. The summed E-state index contributed by atoms with van der Waals surface area (Å²) >= 11 is 1.98. The van der Waals surface area contributed by atoms with Gasteiger partial charge in [0.1, 0.15) is 17.5 Å². The third-order valence-electron chi connectivity index (χ3n) is 3.34. The molecule has 2 N–H and O–H groups in total. The summed E-state index contributed by atoms with van der Waals surface area (Å²) in [5, 5.41) is 5.05. The number of halogens is 2. The predicted octanol–water partition coefficient (Wildman–Crippen LogP) is 3.90. The van der Waals surface area contributed by atoms with Gasteiger partial charge in [-0.15, -0.1) is 0 Å². The van der Waals surface area contributed by atoms with E-state index in [0.29, 0.717) is 9.26 Å². The Kier molecular flexibility index (Phi) is 7.11. The second-order valence-corrected chi connectivity index (χ2v) is 8.08. The highest BCUT2D eigenvalue weighted by Crippen LogP contribution is 2.17. The Hall–Kier alpha value is -2.23. The smallest absolute Gasteiger partial charge is 0.408 e. The van der Waals surface area contributed by atoms with Gasteiger partial charge in [0, 0.05) is 21.9 Å². The van der Waals surface area contributed by atoms with E-state index < -0.39 is 29.5 Å². The Bertz CT molecular complexity index is 810. The van der Waals surface area contributed by atoms with Crippen molar-refractivity contribution in [2.24, 2.45) is 0 Å². The standard InChI is InChI=1S/C19H21FIN3O3/c1-19(2,3)27-18(26)24-16(11-13-6-4-5-9-22-13)17(25)23-15-8-7-12(21)10-14(15)20/h4-10,16H,11H2,1-3H3,(H,23,25)(H,24,26)/t16-/m0/s1. The Morgan fingerprint density at radius 2 is 2.00 bits per heavy atom. The molecule has 0 aliphatic rings. The van der Waals surface area contributed by atoms with Crippen molar-refractivity contribution in [2.45, 2.75) is 38.8 Å². The van der Waals surface area contributed by atoms with Gasteiger partial charge < -0.3 is 15.4 Å². The molecule has 1 atom stereocenters. The average molecular weight is 485 g/mol. The molecule has 0 radical (unpaired) electrons. The number of carbonyl (C=O) groups is 2. The van der Waals surface area contributed by atoms with Crippen LogP contribution in [0.5, 0.6) is 0 Å². The Balaban J connectivity index is 2.16. The van der Waals surface area contributed by atoms with Crippen molar-refractivity contribution in [1.29, 1.82) is 0 Å². The van der Waals surface area contributed by atoms with E-state index in [4.69, 9.17) is 4.74 Å². The highest BCUT2D eigenvalue weighted by molar-refractivity contribution is 14.1. The van der Waals surface area contributed by atoms with Gasteiger partial charge >= 0.3 is 6.09 Å². The minimum Gasteiger partial charge on any atom is -0.444 e. The van der Waals surface area contributed by atoms with Crippen LogP contribution in [0.15, 0.2) is 42.6 Å². The molecule has 0 aliphatic carbocycles. The van der Waals surface area contributed by atoms with Crippen LogP contribution in [0, 0.1) is 9.39 Å². The summed E-state index contributed by atoms with van der Waals surface area (Å²) in [6.45, 7) is 5.17. The van der Waals surface area contributed by atoms with Crippen molar-refractivity contribution in [3.05, 3.63) is 57.7 Å². The molecule has 2 aromatic rings. The zero-order valence-electron chi connectivity index (χ0n) is 15.3. The van der Waals surface area contributed by atoms with E-state index in [2.05, 4.69) is 15.6 Å². The minimum absolute atomic E-state index is 0.0393. The van der Waals surface area contributed by atoms with E-state index in [1.54, 1.807) is 51.2 Å². The van der Waals surface area contributed by atoms with Gasteiger partial charge in [0.2, 0.25) is 5.91 Å². The summed E-state index contributed by atoms with van der Waals surface area (Å²) in [7, 11) is 0. The predicted molar refractivity (Wildman–Crippen MR) is 109 cm³/mol. The van der Waals surface area contributed by atoms with Crippen LogP contribution in [0.4, 0.5) is 14.9 Å². The first-order valence-electron chi connectivity index (χ1n) is 8.29. The van der Waals surface area contributed by atoms with Gasteiger partial charge in [-0.05, 0) is 73.7 Å². The van der Waals surface area contributed by atoms with Crippen LogP contribution in [-0.2, 0) is 16.0 Å². The average Bonchev–Trinajstić information content (AvgIpc) is 2.56. The fourth-order valence-electron chi connectivity index (χ4n) is 2.20. The number of aromatic nitrogens is 1. The van der Waals surface area contributed by atoms with E-state index in [-0.39, 0.29) is 12.1 Å². The van der Waals surface area contributed by atoms with Crippen molar-refractivity contribution in [3.63, 3.8) is 0 Å². The van der Waals surface area contributed by atoms with E-state index in [1.165, 1.54) is 12.1 Å². The molecule has 6 nitrogen and oxygen atoms in total. The number of pyridine rings is 1. The molecule has 0 aliphatic heterocycles. The van der Waals surface area contributed by atoms with Gasteiger partial charge in [-0.2, -0.15) is 0 Å². The SMILES string of the molecule is CC(C)(C)OC(=O)N[C@@H](Cc1ccccn1)C(=O)Nc1ccc(I)cc1F. The number of anilines is 1. The number of carbonyl (C=O) groups excluding carboxylic acids is 2. The largest absolute Gasteiger partial charge is 0.444 e. The molecular weight excluding hydrogens is 464 g/mol. The minimum atomic E-state index is -0.978. The first-order chi connectivity index (χ1) is 12.6. The number of amides is 2. The number of hydrogen-bond donors (Lipinski definition) is 2. The van der Waals surface area contributed by atoms with Crippen LogP contribution in [0.2, 0.25) is 0 Å². The van der Waals surface area contributed by atoms with Gasteiger partial charge in [0.15, 0.2) is 0 Å². The quantitative estimate of drug-likeness (QED) is 0.630. The molecule has 8 heteroatoms. The van der Waals surface area contributed by atoms with Crippen molar-refractivity contribution >= 4 is 40.3 Å². The molecule has 2 rings (SSSR count). The molecular formula is C19H21FIN3O3. The first kappa shape index (κ1) is 21.1. The van der Waals surface area contributed by atoms with Crippen molar-refractivity contribution in [3.8, 4) is 0 Å². The van der Waals surface area contributed by atoms with Gasteiger partial charge in [-0.25, -0.2) is 9.18 Å². The molecule has 1 heterocycles. The fraction of sp³-hybridized carbons (Fsp3) is 0.316. The molecule has 2 amide bonds. The van der Waals surface area contributed by atoms with Crippen LogP contribution < -0.4 is 10.6 Å². The van der Waals surface area contributed by atoms with Crippen molar-refractivity contribution < 1.29 is 18.7 Å². The Morgan fingerprint density at radius 3 is 2.59 bits per heavy atom. The molecule has 1 aromatic carbocycles. The molecule has 0 spiro atoms. The zero-order chi connectivity index (χ0) is 20.0. The first-order valence-corrected chi connectivity index (χ1v) is 9.37. The molecule has 0 bridgehead atoms. The van der Waals surface area contributed by atoms with Crippen molar-refractivity contribution in [1.82, 2.24) is 10.3 Å². The summed E-state index contributed by atoms with van der Waals surface area (Å²) < 4.78 is 20.0. The maximum atomic E-state index is 14.0. The van der Waals surface area contributed by atoms with E-state index >= 15 is 0 Å². The Morgan fingerprint density at radius 1 is 1.26 bits per heavy atom. The summed E-state index contributed by atoms with van der Waals surface area (Å²) in [5.74, 6) is -1.12. The molecule has 27 heavy (non-hydrogen) atoms. The van der Waals surface area contributed by atoms with Gasteiger partial charge in [0.25, 0.3) is 0 Å². The van der Waals surface area contributed by atoms with E-state index in [0.717, 1.165) is 0 Å². The fourth-order valence-corrected chi connectivity index (χ4v) is 2.65. The van der Waals surface area contributed by atoms with Crippen LogP contribution in [0.1, 0.15) is 26.5 Å².